The van der Waals surface area contributed by atoms with Gasteiger partial charge in [0.1, 0.15) is 0 Å². The first-order valence-electron chi connectivity index (χ1n) is 5.88. The number of hydrogen-bond acceptors (Lipinski definition) is 2. The number of likely N-dealkylation sites (tertiary alicyclic amines) is 1. The number of nitrogens with zero attached hydrogens (tertiary/aromatic N) is 1. The summed E-state index contributed by atoms with van der Waals surface area (Å²) in [5, 5.41) is 0. The smallest absolute Gasteiger partial charge is 0.0359 e. The van der Waals surface area contributed by atoms with Gasteiger partial charge in [0.15, 0.2) is 0 Å². The molecule has 2 nitrogen and oxygen atoms in total. The van der Waals surface area contributed by atoms with Crippen LogP contribution in [-0.4, -0.2) is 17.5 Å². The number of anilines is 1. The molecular weight excluding hydrogens is 184 g/mol. The van der Waals surface area contributed by atoms with E-state index in [0.29, 0.717) is 0 Å². The lowest BCUT2D eigenvalue weighted by Crippen LogP contribution is -2.28. The van der Waals surface area contributed by atoms with Crippen molar-refractivity contribution >= 4 is 5.69 Å². The second kappa shape index (κ2) is 4.67. The topological polar surface area (TPSA) is 29.3 Å². The minimum Gasteiger partial charge on any atom is -0.398 e. The maximum atomic E-state index is 5.96. The molecule has 1 aromatic carbocycles. The monoisotopic (exact) mass is 204 g/mol. The van der Waals surface area contributed by atoms with Crippen molar-refractivity contribution in [3.8, 4) is 0 Å². The number of rotatable bonds is 3. The van der Waals surface area contributed by atoms with Crippen molar-refractivity contribution < 1.29 is 0 Å². The summed E-state index contributed by atoms with van der Waals surface area (Å²) >= 11 is 0. The highest BCUT2D eigenvalue weighted by Crippen LogP contribution is 2.23. The van der Waals surface area contributed by atoms with Crippen LogP contribution in [0.2, 0.25) is 0 Å². The van der Waals surface area contributed by atoms with Crippen LogP contribution in [0.4, 0.5) is 5.69 Å². The van der Waals surface area contributed by atoms with E-state index in [1.165, 1.54) is 31.4 Å². The third kappa shape index (κ3) is 2.32. The number of nitrogen functional groups attached to an aromatic ring is 1. The molecule has 0 aromatic heterocycles. The van der Waals surface area contributed by atoms with Gasteiger partial charge in [-0.1, -0.05) is 25.1 Å². The zero-order valence-corrected chi connectivity index (χ0v) is 9.45. The van der Waals surface area contributed by atoms with Gasteiger partial charge < -0.3 is 5.73 Å². The van der Waals surface area contributed by atoms with E-state index in [0.717, 1.165) is 18.3 Å². The summed E-state index contributed by atoms with van der Waals surface area (Å²) in [4.78, 5) is 2.56. The molecule has 0 radical (unpaired) electrons. The quantitative estimate of drug-likeness (QED) is 0.767. The van der Waals surface area contributed by atoms with Gasteiger partial charge in [0.2, 0.25) is 0 Å². The van der Waals surface area contributed by atoms with Crippen molar-refractivity contribution in [3.05, 3.63) is 29.8 Å². The molecule has 1 aliphatic rings. The molecule has 1 atom stereocenters. The molecule has 1 aliphatic heterocycles. The summed E-state index contributed by atoms with van der Waals surface area (Å²) in [7, 11) is 0. The van der Waals surface area contributed by atoms with Crippen LogP contribution in [0.15, 0.2) is 24.3 Å². The van der Waals surface area contributed by atoms with E-state index in [1.54, 1.807) is 0 Å². The number of para-hydroxylation sites is 1. The normalized spacial score (nSPS) is 22.1. The van der Waals surface area contributed by atoms with Gasteiger partial charge in [-0.05, 0) is 37.4 Å². The molecule has 1 unspecified atom stereocenters. The van der Waals surface area contributed by atoms with E-state index >= 15 is 0 Å². The SMILES string of the molecule is CCC1CCCN1Cc1ccccc1N. The van der Waals surface area contributed by atoms with E-state index < -0.39 is 0 Å². The average Bonchev–Trinajstić information content (AvgIpc) is 2.69. The summed E-state index contributed by atoms with van der Waals surface area (Å²) in [6.07, 6.45) is 3.95. The zero-order chi connectivity index (χ0) is 10.7. The van der Waals surface area contributed by atoms with Gasteiger partial charge in [0.05, 0.1) is 0 Å². The fourth-order valence-corrected chi connectivity index (χ4v) is 2.46. The van der Waals surface area contributed by atoms with Crippen LogP contribution in [-0.2, 0) is 6.54 Å². The molecular formula is C13H20N2. The number of hydrogen-bond donors (Lipinski definition) is 1. The Balaban J connectivity index is 2.05. The largest absolute Gasteiger partial charge is 0.398 e. The molecule has 1 saturated heterocycles. The maximum Gasteiger partial charge on any atom is 0.0359 e. The van der Waals surface area contributed by atoms with Crippen molar-refractivity contribution in [2.24, 2.45) is 0 Å². The Kier molecular flexibility index (Phi) is 3.27. The summed E-state index contributed by atoms with van der Waals surface area (Å²) in [6, 6.07) is 8.97. The molecule has 1 aromatic rings. The number of nitrogens with two attached hydrogens (primary N) is 1. The number of benzene rings is 1. The van der Waals surface area contributed by atoms with Crippen molar-refractivity contribution in [1.82, 2.24) is 4.90 Å². The summed E-state index contributed by atoms with van der Waals surface area (Å²) < 4.78 is 0. The zero-order valence-electron chi connectivity index (χ0n) is 9.45. The first kappa shape index (κ1) is 10.5. The molecule has 0 spiro atoms. The Morgan fingerprint density at radius 3 is 2.93 bits per heavy atom. The first-order chi connectivity index (χ1) is 7.31. The van der Waals surface area contributed by atoms with Crippen LogP contribution in [0, 0.1) is 0 Å². The highest BCUT2D eigenvalue weighted by Gasteiger charge is 2.22. The van der Waals surface area contributed by atoms with E-state index in [2.05, 4.69) is 24.0 Å². The molecule has 2 rings (SSSR count). The van der Waals surface area contributed by atoms with E-state index in [-0.39, 0.29) is 0 Å². The molecule has 0 aliphatic carbocycles. The molecule has 1 fully saturated rings. The Labute approximate surface area is 92.1 Å². The molecule has 1 heterocycles. The lowest BCUT2D eigenvalue weighted by molar-refractivity contribution is 0.240. The summed E-state index contributed by atoms with van der Waals surface area (Å²) in [5.74, 6) is 0. The Bertz CT molecular complexity index is 322. The van der Waals surface area contributed by atoms with E-state index in [9.17, 15) is 0 Å². The van der Waals surface area contributed by atoms with Gasteiger partial charge in [0.25, 0.3) is 0 Å². The minimum atomic E-state index is 0.768. The van der Waals surface area contributed by atoms with Crippen molar-refractivity contribution in [2.45, 2.75) is 38.8 Å². The predicted octanol–water partition coefficient (Wildman–Crippen LogP) is 2.64. The third-order valence-corrected chi connectivity index (χ3v) is 3.40. The van der Waals surface area contributed by atoms with Gasteiger partial charge >= 0.3 is 0 Å². The first-order valence-corrected chi connectivity index (χ1v) is 5.88. The van der Waals surface area contributed by atoms with Crippen molar-refractivity contribution in [3.63, 3.8) is 0 Å². The van der Waals surface area contributed by atoms with Crippen LogP contribution in [0.25, 0.3) is 0 Å². The average molecular weight is 204 g/mol. The predicted molar refractivity (Wildman–Crippen MR) is 64.6 cm³/mol. The Hall–Kier alpha value is -1.02. The van der Waals surface area contributed by atoms with Gasteiger partial charge in [-0.2, -0.15) is 0 Å². The molecule has 15 heavy (non-hydrogen) atoms. The summed E-state index contributed by atoms with van der Waals surface area (Å²) in [5.41, 5.74) is 8.16. The molecule has 2 heteroatoms. The second-order valence-corrected chi connectivity index (χ2v) is 4.37. The van der Waals surface area contributed by atoms with Crippen LogP contribution < -0.4 is 5.73 Å². The summed E-state index contributed by atoms with van der Waals surface area (Å²) in [6.45, 7) is 4.52. The lowest BCUT2D eigenvalue weighted by atomic mass is 10.1. The van der Waals surface area contributed by atoms with E-state index in [1.807, 2.05) is 12.1 Å². The van der Waals surface area contributed by atoms with Gasteiger partial charge in [-0.3, -0.25) is 4.90 Å². The molecule has 0 bridgehead atoms. The molecule has 0 amide bonds. The molecule has 0 saturated carbocycles. The standard InChI is InChI=1S/C13H20N2/c1-2-12-7-5-9-15(12)10-11-6-3-4-8-13(11)14/h3-4,6,8,12H,2,5,7,9-10,14H2,1H3. The highest BCUT2D eigenvalue weighted by atomic mass is 15.2. The Morgan fingerprint density at radius 2 is 2.20 bits per heavy atom. The highest BCUT2D eigenvalue weighted by molar-refractivity contribution is 5.46. The van der Waals surface area contributed by atoms with Crippen molar-refractivity contribution in [2.75, 3.05) is 12.3 Å². The van der Waals surface area contributed by atoms with Crippen LogP contribution in [0.1, 0.15) is 31.7 Å². The Morgan fingerprint density at radius 1 is 1.40 bits per heavy atom. The third-order valence-electron chi connectivity index (χ3n) is 3.40. The fourth-order valence-electron chi connectivity index (χ4n) is 2.46. The van der Waals surface area contributed by atoms with Crippen molar-refractivity contribution in [1.29, 1.82) is 0 Å². The molecule has 82 valence electrons. The second-order valence-electron chi connectivity index (χ2n) is 4.37. The van der Waals surface area contributed by atoms with E-state index in [4.69, 9.17) is 5.73 Å². The lowest BCUT2D eigenvalue weighted by Gasteiger charge is -2.23. The van der Waals surface area contributed by atoms with Gasteiger partial charge in [-0.25, -0.2) is 0 Å². The van der Waals surface area contributed by atoms with Gasteiger partial charge in [0, 0.05) is 18.3 Å². The van der Waals surface area contributed by atoms with Crippen LogP contribution in [0.5, 0.6) is 0 Å². The molecule has 2 N–H and O–H groups in total. The fraction of sp³-hybridized carbons (Fsp3) is 0.538. The minimum absolute atomic E-state index is 0.768. The van der Waals surface area contributed by atoms with Crippen LogP contribution in [0.3, 0.4) is 0 Å². The van der Waals surface area contributed by atoms with Gasteiger partial charge in [-0.15, -0.1) is 0 Å². The van der Waals surface area contributed by atoms with Crippen LogP contribution >= 0.6 is 0 Å². The maximum absolute atomic E-state index is 5.96.